The van der Waals surface area contributed by atoms with Crippen molar-refractivity contribution in [1.29, 1.82) is 0 Å². The van der Waals surface area contributed by atoms with Crippen molar-refractivity contribution in [3.8, 4) is 0 Å². The second-order valence-electron chi connectivity index (χ2n) is 5.14. The molecule has 9 nitrogen and oxygen atoms in total. The minimum Gasteiger partial charge on any atom is -0.355 e. The van der Waals surface area contributed by atoms with Crippen molar-refractivity contribution in [1.82, 2.24) is 20.7 Å². The van der Waals surface area contributed by atoms with Crippen LogP contribution in [-0.4, -0.2) is 52.3 Å². The highest BCUT2D eigenvalue weighted by molar-refractivity contribution is 7.89. The highest BCUT2D eigenvalue weighted by Crippen LogP contribution is 2.09. The van der Waals surface area contributed by atoms with Crippen molar-refractivity contribution in [3.63, 3.8) is 0 Å². The molecule has 0 aliphatic heterocycles. The van der Waals surface area contributed by atoms with Crippen molar-refractivity contribution in [2.75, 3.05) is 26.2 Å². The number of hydrogen-bond donors (Lipinski definition) is 4. The van der Waals surface area contributed by atoms with Crippen LogP contribution in [-0.2, 0) is 24.4 Å². The summed E-state index contributed by atoms with van der Waals surface area (Å²) in [5.74, 6) is -1.56. The third kappa shape index (κ3) is 7.77. The van der Waals surface area contributed by atoms with Gasteiger partial charge in [-0.25, -0.2) is 13.1 Å². The van der Waals surface area contributed by atoms with Gasteiger partial charge in [0.15, 0.2) is 0 Å². The summed E-state index contributed by atoms with van der Waals surface area (Å²) in [6.45, 7) is 2.98. The van der Waals surface area contributed by atoms with Gasteiger partial charge in [0.25, 0.3) is 0 Å². The summed E-state index contributed by atoms with van der Waals surface area (Å²) >= 11 is 0. The maximum atomic E-state index is 12.0. The molecule has 0 unspecified atom stereocenters. The fourth-order valence-electron chi connectivity index (χ4n) is 1.70. The summed E-state index contributed by atoms with van der Waals surface area (Å²) in [5, 5.41) is 7.09. The molecule has 0 heterocycles. The minimum absolute atomic E-state index is 0.0468. The number of sulfonamides is 1. The average molecular weight is 370 g/mol. The lowest BCUT2D eigenvalue weighted by Gasteiger charge is -2.09. The second-order valence-corrected chi connectivity index (χ2v) is 6.91. The van der Waals surface area contributed by atoms with Crippen LogP contribution in [0.4, 0.5) is 0 Å². The van der Waals surface area contributed by atoms with Crippen molar-refractivity contribution in [3.05, 3.63) is 29.8 Å². The number of nitrogens with one attached hydrogen (secondary N) is 4. The number of rotatable bonds is 9. The smallest absolute Gasteiger partial charge is 0.241 e. The first kappa shape index (κ1) is 20.6. The molecule has 0 spiro atoms. The molecule has 0 aliphatic carbocycles. The molecule has 1 aromatic rings. The maximum absolute atomic E-state index is 12.0. The number of carbonyl (C=O) groups excluding carboxylic acids is 3. The fraction of sp³-hybridized carbons (Fsp3) is 0.400. The van der Waals surface area contributed by atoms with Crippen molar-refractivity contribution < 1.29 is 22.8 Å². The summed E-state index contributed by atoms with van der Waals surface area (Å²) < 4.78 is 26.2. The van der Waals surface area contributed by atoms with Crippen LogP contribution in [0.15, 0.2) is 29.2 Å². The SMILES string of the molecule is CCNC(=O)CNC(=O)CNC(=O)CNS(=O)(=O)c1ccc(C)cc1. The quantitative estimate of drug-likeness (QED) is 0.426. The van der Waals surface area contributed by atoms with Gasteiger partial charge in [-0.05, 0) is 26.0 Å². The molecule has 0 bridgehead atoms. The molecule has 1 rings (SSSR count). The number of benzene rings is 1. The van der Waals surface area contributed by atoms with Gasteiger partial charge in [-0.1, -0.05) is 17.7 Å². The second kappa shape index (κ2) is 9.74. The Bertz CT molecular complexity index is 716. The van der Waals surface area contributed by atoms with E-state index < -0.39 is 28.4 Å². The van der Waals surface area contributed by atoms with E-state index in [1.54, 1.807) is 19.1 Å². The Kier molecular flexibility index (Phi) is 8.02. The number of amides is 3. The van der Waals surface area contributed by atoms with Gasteiger partial charge in [0.2, 0.25) is 27.7 Å². The average Bonchev–Trinajstić information content (AvgIpc) is 2.57. The Morgan fingerprint density at radius 1 is 0.840 bits per heavy atom. The van der Waals surface area contributed by atoms with Crippen molar-refractivity contribution in [2.45, 2.75) is 18.7 Å². The zero-order chi connectivity index (χ0) is 18.9. The monoisotopic (exact) mass is 370 g/mol. The Morgan fingerprint density at radius 2 is 1.32 bits per heavy atom. The molecule has 25 heavy (non-hydrogen) atoms. The zero-order valence-electron chi connectivity index (χ0n) is 14.1. The van der Waals surface area contributed by atoms with Crippen LogP contribution >= 0.6 is 0 Å². The molecule has 0 saturated heterocycles. The van der Waals surface area contributed by atoms with E-state index in [2.05, 4.69) is 20.7 Å². The molecule has 0 aromatic heterocycles. The lowest BCUT2D eigenvalue weighted by molar-refractivity contribution is -0.127. The van der Waals surface area contributed by atoms with E-state index in [4.69, 9.17) is 0 Å². The van der Waals surface area contributed by atoms with Gasteiger partial charge < -0.3 is 16.0 Å². The molecule has 3 amide bonds. The zero-order valence-corrected chi connectivity index (χ0v) is 14.9. The predicted molar refractivity (Wildman–Crippen MR) is 91.1 cm³/mol. The minimum atomic E-state index is -3.80. The number of likely N-dealkylation sites (N-methyl/N-ethyl adjacent to an activating group) is 1. The number of aryl methyl sites for hydroxylation is 1. The summed E-state index contributed by atoms with van der Waals surface area (Å²) in [6.07, 6.45) is 0. The highest BCUT2D eigenvalue weighted by atomic mass is 32.2. The fourth-order valence-corrected chi connectivity index (χ4v) is 2.69. The summed E-state index contributed by atoms with van der Waals surface area (Å²) in [6, 6.07) is 6.16. The maximum Gasteiger partial charge on any atom is 0.241 e. The van der Waals surface area contributed by atoms with Crippen LogP contribution in [0.1, 0.15) is 12.5 Å². The molecule has 0 atom stereocenters. The van der Waals surface area contributed by atoms with Crippen LogP contribution in [0.25, 0.3) is 0 Å². The van der Waals surface area contributed by atoms with E-state index in [0.717, 1.165) is 5.56 Å². The lowest BCUT2D eigenvalue weighted by Crippen LogP contribution is -2.44. The molecular formula is C15H22N4O5S. The van der Waals surface area contributed by atoms with Gasteiger partial charge in [-0.15, -0.1) is 0 Å². The van der Waals surface area contributed by atoms with Gasteiger partial charge >= 0.3 is 0 Å². The number of hydrogen-bond acceptors (Lipinski definition) is 5. The molecule has 1 aromatic carbocycles. The van der Waals surface area contributed by atoms with Crippen LogP contribution in [0.3, 0.4) is 0 Å². The third-order valence-corrected chi connectivity index (χ3v) is 4.44. The normalized spacial score (nSPS) is 10.8. The van der Waals surface area contributed by atoms with E-state index in [1.807, 2.05) is 6.92 Å². The molecular weight excluding hydrogens is 348 g/mol. The Labute approximate surface area is 146 Å². The summed E-state index contributed by atoms with van der Waals surface area (Å²) in [5.41, 5.74) is 0.912. The first-order valence-corrected chi connectivity index (χ1v) is 9.09. The Hall–Kier alpha value is -2.46. The molecule has 10 heteroatoms. The summed E-state index contributed by atoms with van der Waals surface area (Å²) in [7, 11) is -3.80. The predicted octanol–water partition coefficient (Wildman–Crippen LogP) is -1.36. The van der Waals surface area contributed by atoms with Gasteiger partial charge in [0.1, 0.15) is 0 Å². The Balaban J connectivity index is 2.36. The topological polar surface area (TPSA) is 133 Å². The molecule has 138 valence electrons. The van der Waals surface area contributed by atoms with Gasteiger partial charge in [-0.3, -0.25) is 14.4 Å². The Morgan fingerprint density at radius 3 is 1.84 bits per heavy atom. The van der Waals surface area contributed by atoms with Crippen LogP contribution in [0.5, 0.6) is 0 Å². The first-order chi connectivity index (χ1) is 11.7. The van der Waals surface area contributed by atoms with E-state index in [9.17, 15) is 22.8 Å². The molecule has 0 aliphatic rings. The van der Waals surface area contributed by atoms with E-state index in [1.165, 1.54) is 12.1 Å². The molecule has 0 fully saturated rings. The van der Waals surface area contributed by atoms with Crippen LogP contribution < -0.4 is 20.7 Å². The summed E-state index contributed by atoms with van der Waals surface area (Å²) in [4.78, 5) is 34.3. The van der Waals surface area contributed by atoms with Crippen LogP contribution in [0, 0.1) is 6.92 Å². The third-order valence-electron chi connectivity index (χ3n) is 3.02. The molecule has 4 N–H and O–H groups in total. The van der Waals surface area contributed by atoms with Crippen molar-refractivity contribution >= 4 is 27.7 Å². The van der Waals surface area contributed by atoms with Gasteiger partial charge in [0, 0.05) is 6.54 Å². The van der Waals surface area contributed by atoms with Gasteiger partial charge in [0.05, 0.1) is 24.5 Å². The largest absolute Gasteiger partial charge is 0.355 e. The van der Waals surface area contributed by atoms with E-state index >= 15 is 0 Å². The first-order valence-electron chi connectivity index (χ1n) is 7.61. The standard InChI is InChI=1S/C15H22N4O5S/c1-3-16-13(20)8-17-14(21)9-18-15(22)10-19-25(23,24)12-6-4-11(2)5-7-12/h4-7,19H,3,8-10H2,1-2H3,(H,16,20)(H,17,21)(H,18,22). The number of carbonyl (C=O) groups is 3. The molecule has 0 radical (unpaired) electrons. The molecule has 0 saturated carbocycles. The van der Waals surface area contributed by atoms with E-state index in [-0.39, 0.29) is 23.9 Å². The van der Waals surface area contributed by atoms with Crippen molar-refractivity contribution in [2.24, 2.45) is 0 Å². The van der Waals surface area contributed by atoms with Gasteiger partial charge in [-0.2, -0.15) is 0 Å². The lowest BCUT2D eigenvalue weighted by atomic mass is 10.2. The highest BCUT2D eigenvalue weighted by Gasteiger charge is 2.15. The van der Waals surface area contributed by atoms with E-state index in [0.29, 0.717) is 6.54 Å². The van der Waals surface area contributed by atoms with Crippen LogP contribution in [0.2, 0.25) is 0 Å².